The lowest BCUT2D eigenvalue weighted by molar-refractivity contribution is -0.140. The summed E-state index contributed by atoms with van der Waals surface area (Å²) in [6.45, 7) is 3.69. The molecule has 0 aliphatic rings. The molecule has 0 aliphatic carbocycles. The lowest BCUT2D eigenvalue weighted by Gasteiger charge is -2.19. The number of hydrogen-bond acceptors (Lipinski definition) is 6. The minimum atomic E-state index is -0.203. The van der Waals surface area contributed by atoms with Crippen LogP contribution in [0.1, 0.15) is 24.7 Å². The first-order valence-corrected chi connectivity index (χ1v) is 7.77. The molecule has 2 heterocycles. The fourth-order valence-electron chi connectivity index (χ4n) is 1.89. The largest absolute Gasteiger partial charge is 0.469 e. The summed E-state index contributed by atoms with van der Waals surface area (Å²) in [6, 6.07) is 5.91. The van der Waals surface area contributed by atoms with Crippen LogP contribution in [0.15, 0.2) is 29.8 Å². The van der Waals surface area contributed by atoms with E-state index in [9.17, 15) is 4.79 Å². The van der Waals surface area contributed by atoms with Gasteiger partial charge in [-0.3, -0.25) is 9.78 Å². The average Bonchev–Trinajstić information content (AvgIpc) is 3.00. The topological polar surface area (TPSA) is 55.3 Å². The summed E-state index contributed by atoms with van der Waals surface area (Å²) >= 11 is 1.60. The van der Waals surface area contributed by atoms with Gasteiger partial charge in [0.2, 0.25) is 0 Å². The van der Waals surface area contributed by atoms with Crippen molar-refractivity contribution in [2.75, 3.05) is 18.6 Å². The van der Waals surface area contributed by atoms with Gasteiger partial charge in [-0.15, -0.1) is 11.3 Å². The lowest BCUT2D eigenvalue weighted by atomic mass is 10.2. The van der Waals surface area contributed by atoms with Crippen molar-refractivity contribution in [3.63, 3.8) is 0 Å². The number of thiazole rings is 1. The molecule has 21 heavy (non-hydrogen) atoms. The van der Waals surface area contributed by atoms with Crippen molar-refractivity contribution in [3.05, 3.63) is 41.2 Å². The third-order valence-corrected chi connectivity index (χ3v) is 4.03. The number of aromatic nitrogens is 2. The van der Waals surface area contributed by atoms with E-state index in [1.54, 1.807) is 17.5 Å². The zero-order chi connectivity index (χ0) is 15.1. The SMILES string of the molecule is CCN(Cc1ccccn1)c1nc(CCC(=O)OC)cs1. The van der Waals surface area contributed by atoms with Gasteiger partial charge in [-0.05, 0) is 19.1 Å². The molecule has 0 radical (unpaired) electrons. The van der Waals surface area contributed by atoms with Gasteiger partial charge in [0.15, 0.2) is 5.13 Å². The van der Waals surface area contributed by atoms with Gasteiger partial charge in [0.1, 0.15) is 0 Å². The van der Waals surface area contributed by atoms with E-state index in [1.807, 2.05) is 23.6 Å². The first-order chi connectivity index (χ1) is 10.2. The van der Waals surface area contributed by atoms with Crippen LogP contribution in [0.25, 0.3) is 0 Å². The van der Waals surface area contributed by atoms with Crippen LogP contribution in [0.3, 0.4) is 0 Å². The molecule has 0 bridgehead atoms. The molecule has 0 spiro atoms. The van der Waals surface area contributed by atoms with Crippen LogP contribution in [0, 0.1) is 0 Å². The first-order valence-electron chi connectivity index (χ1n) is 6.89. The van der Waals surface area contributed by atoms with Crippen LogP contribution in [-0.2, 0) is 22.5 Å². The van der Waals surface area contributed by atoms with Crippen molar-refractivity contribution in [3.8, 4) is 0 Å². The number of rotatable bonds is 7. The summed E-state index contributed by atoms with van der Waals surface area (Å²) in [6.07, 6.45) is 2.78. The summed E-state index contributed by atoms with van der Waals surface area (Å²) in [5, 5.41) is 2.96. The van der Waals surface area contributed by atoms with Crippen molar-refractivity contribution in [2.24, 2.45) is 0 Å². The van der Waals surface area contributed by atoms with Crippen LogP contribution < -0.4 is 4.90 Å². The van der Waals surface area contributed by atoms with Gasteiger partial charge in [0, 0.05) is 24.5 Å². The highest BCUT2D eigenvalue weighted by molar-refractivity contribution is 7.13. The average molecular weight is 305 g/mol. The molecule has 0 fully saturated rings. The molecule has 0 amide bonds. The van der Waals surface area contributed by atoms with Crippen LogP contribution in [-0.4, -0.2) is 29.6 Å². The van der Waals surface area contributed by atoms with Crippen molar-refractivity contribution in [2.45, 2.75) is 26.3 Å². The molecule has 0 atom stereocenters. The lowest BCUT2D eigenvalue weighted by Crippen LogP contribution is -2.22. The molecule has 2 aromatic rings. The zero-order valence-electron chi connectivity index (χ0n) is 12.3. The van der Waals surface area contributed by atoms with E-state index in [1.165, 1.54) is 7.11 Å². The number of carbonyl (C=O) groups is 1. The summed E-state index contributed by atoms with van der Waals surface area (Å²) in [4.78, 5) is 22.3. The monoisotopic (exact) mass is 305 g/mol. The van der Waals surface area contributed by atoms with Crippen molar-refractivity contribution < 1.29 is 9.53 Å². The fourth-order valence-corrected chi connectivity index (χ4v) is 2.82. The van der Waals surface area contributed by atoms with Gasteiger partial charge in [0.05, 0.1) is 31.5 Å². The Morgan fingerprint density at radius 1 is 1.38 bits per heavy atom. The zero-order valence-corrected chi connectivity index (χ0v) is 13.1. The predicted octanol–water partition coefficient (Wildman–Crippen LogP) is 2.67. The highest BCUT2D eigenvalue weighted by Gasteiger charge is 2.11. The molecular weight excluding hydrogens is 286 g/mol. The second-order valence-electron chi connectivity index (χ2n) is 4.53. The standard InChI is InChI=1S/C15H19N3O2S/c1-3-18(10-12-6-4-5-9-16-12)15-17-13(11-21-15)7-8-14(19)20-2/h4-6,9,11H,3,7-8,10H2,1-2H3. The van der Waals surface area contributed by atoms with Gasteiger partial charge in [-0.2, -0.15) is 0 Å². The second kappa shape index (κ2) is 7.73. The highest BCUT2D eigenvalue weighted by atomic mass is 32.1. The number of aryl methyl sites for hydroxylation is 1. The van der Waals surface area contributed by atoms with E-state index >= 15 is 0 Å². The Bertz CT molecular complexity index is 571. The normalized spacial score (nSPS) is 10.4. The van der Waals surface area contributed by atoms with Gasteiger partial charge in [-0.25, -0.2) is 4.98 Å². The minimum Gasteiger partial charge on any atom is -0.469 e. The quantitative estimate of drug-likeness (QED) is 0.736. The maximum atomic E-state index is 11.2. The van der Waals surface area contributed by atoms with E-state index in [-0.39, 0.29) is 5.97 Å². The molecule has 0 N–H and O–H groups in total. The number of carbonyl (C=O) groups excluding carboxylic acids is 1. The van der Waals surface area contributed by atoms with Crippen LogP contribution in [0.4, 0.5) is 5.13 Å². The van der Waals surface area contributed by atoms with Gasteiger partial charge in [-0.1, -0.05) is 6.07 Å². The fraction of sp³-hybridized carbons (Fsp3) is 0.400. The van der Waals surface area contributed by atoms with Crippen LogP contribution in [0.5, 0.6) is 0 Å². The summed E-state index contributed by atoms with van der Waals surface area (Å²) in [5.74, 6) is -0.203. The van der Waals surface area contributed by atoms with Crippen molar-refractivity contribution in [1.29, 1.82) is 0 Å². The highest BCUT2D eigenvalue weighted by Crippen LogP contribution is 2.22. The Morgan fingerprint density at radius 2 is 2.24 bits per heavy atom. The summed E-state index contributed by atoms with van der Waals surface area (Å²) in [7, 11) is 1.40. The van der Waals surface area contributed by atoms with Crippen molar-refractivity contribution >= 4 is 22.4 Å². The maximum absolute atomic E-state index is 11.2. The Morgan fingerprint density at radius 3 is 2.90 bits per heavy atom. The van der Waals surface area contributed by atoms with Gasteiger partial charge < -0.3 is 9.64 Å². The molecule has 0 unspecified atom stereocenters. The molecule has 0 aromatic carbocycles. The Balaban J connectivity index is 1.99. The molecule has 6 heteroatoms. The number of pyridine rings is 1. The third kappa shape index (κ3) is 4.53. The molecule has 0 aliphatic heterocycles. The van der Waals surface area contributed by atoms with Gasteiger partial charge >= 0.3 is 5.97 Å². The molecule has 2 aromatic heterocycles. The number of hydrogen-bond donors (Lipinski definition) is 0. The Kier molecular flexibility index (Phi) is 5.68. The maximum Gasteiger partial charge on any atom is 0.305 e. The summed E-state index contributed by atoms with van der Waals surface area (Å²) in [5.41, 5.74) is 1.95. The Hall–Kier alpha value is -1.95. The van der Waals surface area contributed by atoms with Crippen molar-refractivity contribution in [1.82, 2.24) is 9.97 Å². The third-order valence-electron chi connectivity index (χ3n) is 3.08. The van der Waals surface area contributed by atoms with Crippen LogP contribution in [0.2, 0.25) is 0 Å². The number of esters is 1. The van der Waals surface area contributed by atoms with E-state index in [4.69, 9.17) is 0 Å². The van der Waals surface area contributed by atoms with E-state index in [0.29, 0.717) is 12.8 Å². The minimum absolute atomic E-state index is 0.203. The number of methoxy groups -OCH3 is 1. The number of nitrogens with zero attached hydrogens (tertiary/aromatic N) is 3. The second-order valence-corrected chi connectivity index (χ2v) is 5.37. The molecular formula is C15H19N3O2S. The smallest absolute Gasteiger partial charge is 0.305 e. The molecule has 0 saturated carbocycles. The van der Waals surface area contributed by atoms with E-state index in [0.717, 1.165) is 29.6 Å². The van der Waals surface area contributed by atoms with Gasteiger partial charge in [0.25, 0.3) is 0 Å². The first kappa shape index (κ1) is 15.4. The van der Waals surface area contributed by atoms with E-state index < -0.39 is 0 Å². The molecule has 5 nitrogen and oxygen atoms in total. The molecule has 2 rings (SSSR count). The van der Waals surface area contributed by atoms with Crippen LogP contribution >= 0.6 is 11.3 Å². The summed E-state index contributed by atoms with van der Waals surface area (Å²) < 4.78 is 4.64. The Labute approximate surface area is 128 Å². The molecule has 112 valence electrons. The number of anilines is 1. The van der Waals surface area contributed by atoms with E-state index in [2.05, 4.69) is 26.5 Å². The predicted molar refractivity (Wildman–Crippen MR) is 83.4 cm³/mol. The molecule has 0 saturated heterocycles. The number of ether oxygens (including phenoxy) is 1.